The summed E-state index contributed by atoms with van der Waals surface area (Å²) in [4.78, 5) is 48.4. The second-order valence-corrected chi connectivity index (χ2v) is 12.8. The van der Waals surface area contributed by atoms with Gasteiger partial charge in [0.05, 0.1) is 25.0 Å². The fourth-order valence-corrected chi connectivity index (χ4v) is 5.56. The average Bonchev–Trinajstić information content (AvgIpc) is 3.08. The Morgan fingerprint density at radius 2 is 0.875 bits per heavy atom. The number of aryl methyl sites for hydroxylation is 2. The van der Waals surface area contributed by atoms with Crippen LogP contribution in [0.5, 0.6) is 11.5 Å². The van der Waals surface area contributed by atoms with Crippen molar-refractivity contribution >= 4 is 23.9 Å². The number of benzene rings is 2. The van der Waals surface area contributed by atoms with Crippen LogP contribution in [0.4, 0.5) is 0 Å². The molecule has 0 unspecified atom stereocenters. The average molecular weight is 661 g/mol. The van der Waals surface area contributed by atoms with E-state index in [1.54, 1.807) is 13.8 Å². The SMILES string of the molecule is C=C(C)C(=O)OCCCCCCc1ccc(OC(=O)C2CCC(C(=O)Oc3ccc(CCCCCCOC(=O)C(=C)C)cc3)CC2)cc1. The first-order valence-electron chi connectivity index (χ1n) is 17.4. The smallest absolute Gasteiger partial charge is 0.333 e. The second kappa shape index (κ2) is 20.9. The maximum Gasteiger partial charge on any atom is 0.333 e. The Bertz CT molecular complexity index is 1250. The highest BCUT2D eigenvalue weighted by atomic mass is 16.5. The summed E-state index contributed by atoms with van der Waals surface area (Å²) < 4.78 is 21.6. The van der Waals surface area contributed by atoms with Crippen molar-refractivity contribution in [2.24, 2.45) is 11.8 Å². The monoisotopic (exact) mass is 660 g/mol. The Balaban J connectivity index is 1.26. The first-order chi connectivity index (χ1) is 23.1. The zero-order valence-corrected chi connectivity index (χ0v) is 28.8. The van der Waals surface area contributed by atoms with E-state index in [0.29, 0.717) is 61.5 Å². The van der Waals surface area contributed by atoms with Crippen molar-refractivity contribution in [1.82, 2.24) is 0 Å². The largest absolute Gasteiger partial charge is 0.462 e. The summed E-state index contributed by atoms with van der Waals surface area (Å²) in [6.07, 6.45) is 12.1. The van der Waals surface area contributed by atoms with Gasteiger partial charge in [0.25, 0.3) is 0 Å². The first kappa shape index (κ1) is 38.2. The van der Waals surface area contributed by atoms with Gasteiger partial charge in [0.1, 0.15) is 11.5 Å². The van der Waals surface area contributed by atoms with Crippen molar-refractivity contribution in [2.75, 3.05) is 13.2 Å². The molecule has 8 heteroatoms. The molecule has 3 rings (SSSR count). The summed E-state index contributed by atoms with van der Waals surface area (Å²) in [5.74, 6) is -0.541. The molecule has 8 nitrogen and oxygen atoms in total. The van der Waals surface area contributed by atoms with E-state index < -0.39 is 0 Å². The summed E-state index contributed by atoms with van der Waals surface area (Å²) in [5.41, 5.74) is 3.21. The molecule has 1 saturated carbocycles. The molecule has 0 aliphatic heterocycles. The number of hydrogen-bond acceptors (Lipinski definition) is 8. The molecule has 0 heterocycles. The summed E-state index contributed by atoms with van der Waals surface area (Å²) in [6, 6.07) is 15.3. The lowest BCUT2D eigenvalue weighted by atomic mass is 9.82. The minimum Gasteiger partial charge on any atom is -0.462 e. The maximum atomic E-state index is 12.8. The lowest BCUT2D eigenvalue weighted by Gasteiger charge is -2.25. The molecule has 0 radical (unpaired) electrons. The van der Waals surface area contributed by atoms with E-state index in [-0.39, 0.29) is 35.7 Å². The topological polar surface area (TPSA) is 105 Å². The van der Waals surface area contributed by atoms with E-state index >= 15 is 0 Å². The van der Waals surface area contributed by atoms with E-state index in [9.17, 15) is 19.2 Å². The van der Waals surface area contributed by atoms with Gasteiger partial charge in [-0.3, -0.25) is 9.59 Å². The summed E-state index contributed by atoms with van der Waals surface area (Å²) >= 11 is 0. The molecule has 0 bridgehead atoms. The van der Waals surface area contributed by atoms with Gasteiger partial charge in [-0.1, -0.05) is 63.1 Å². The third-order valence-corrected chi connectivity index (χ3v) is 8.56. The lowest BCUT2D eigenvalue weighted by Crippen LogP contribution is -2.30. The van der Waals surface area contributed by atoms with Crippen molar-refractivity contribution in [3.63, 3.8) is 0 Å². The Labute approximate surface area is 285 Å². The van der Waals surface area contributed by atoms with Crippen LogP contribution in [0.25, 0.3) is 0 Å². The molecular formula is C40H52O8. The highest BCUT2D eigenvalue weighted by Gasteiger charge is 2.32. The molecular weight excluding hydrogens is 608 g/mol. The maximum absolute atomic E-state index is 12.8. The zero-order valence-electron chi connectivity index (χ0n) is 28.8. The predicted molar refractivity (Wildman–Crippen MR) is 185 cm³/mol. The fourth-order valence-electron chi connectivity index (χ4n) is 5.56. The predicted octanol–water partition coefficient (Wildman–Crippen LogP) is 8.45. The summed E-state index contributed by atoms with van der Waals surface area (Å²) in [6.45, 7) is 11.3. The van der Waals surface area contributed by atoms with Crippen molar-refractivity contribution in [1.29, 1.82) is 0 Å². The number of hydrogen-bond donors (Lipinski definition) is 0. The van der Waals surface area contributed by atoms with Gasteiger partial charge in [0.2, 0.25) is 0 Å². The fraction of sp³-hybridized carbons (Fsp3) is 0.500. The van der Waals surface area contributed by atoms with Crippen molar-refractivity contribution in [3.05, 3.63) is 84.0 Å². The van der Waals surface area contributed by atoms with Crippen molar-refractivity contribution in [3.8, 4) is 11.5 Å². The summed E-state index contributed by atoms with van der Waals surface area (Å²) in [5, 5.41) is 0. The third-order valence-electron chi connectivity index (χ3n) is 8.56. The molecule has 0 saturated heterocycles. The Morgan fingerprint density at radius 3 is 1.21 bits per heavy atom. The molecule has 1 fully saturated rings. The molecule has 0 spiro atoms. The zero-order chi connectivity index (χ0) is 34.7. The van der Waals surface area contributed by atoms with Gasteiger partial charge in [-0.25, -0.2) is 9.59 Å². The highest BCUT2D eigenvalue weighted by molar-refractivity contribution is 5.87. The van der Waals surface area contributed by atoms with Gasteiger partial charge in [-0.2, -0.15) is 0 Å². The molecule has 1 aliphatic rings. The van der Waals surface area contributed by atoms with E-state index in [2.05, 4.69) is 13.2 Å². The van der Waals surface area contributed by atoms with Crippen LogP contribution in [0, 0.1) is 11.8 Å². The van der Waals surface area contributed by atoms with Crippen LogP contribution < -0.4 is 9.47 Å². The van der Waals surface area contributed by atoms with Crippen LogP contribution in [0.2, 0.25) is 0 Å². The van der Waals surface area contributed by atoms with E-state index in [1.807, 2.05) is 48.5 Å². The normalized spacial score (nSPS) is 15.6. The molecule has 0 atom stereocenters. The van der Waals surface area contributed by atoms with Crippen LogP contribution >= 0.6 is 0 Å². The number of ether oxygens (including phenoxy) is 4. The van der Waals surface area contributed by atoms with Crippen molar-refractivity contribution in [2.45, 2.75) is 104 Å². The molecule has 0 amide bonds. The highest BCUT2D eigenvalue weighted by Crippen LogP contribution is 2.31. The van der Waals surface area contributed by atoms with Gasteiger partial charge in [-0.15, -0.1) is 0 Å². The Morgan fingerprint density at radius 1 is 0.542 bits per heavy atom. The van der Waals surface area contributed by atoms with E-state index in [0.717, 1.165) is 64.2 Å². The molecule has 0 aromatic heterocycles. The molecule has 0 N–H and O–H groups in total. The van der Waals surface area contributed by atoms with Gasteiger partial charge >= 0.3 is 23.9 Å². The standard InChI is InChI=1S/C40H52O8/c1-29(2)37(41)45-27-11-7-5-9-13-31-15-23-35(24-16-31)47-39(43)33-19-21-34(22-20-33)40(44)48-36-25-17-32(18-26-36)14-10-6-8-12-28-46-38(42)30(3)4/h15-18,23-26,33-34H,1,3,5-14,19-22,27-28H2,2,4H3. The molecule has 2 aromatic rings. The molecule has 1 aliphatic carbocycles. The van der Waals surface area contributed by atoms with E-state index in [1.165, 1.54) is 11.1 Å². The van der Waals surface area contributed by atoms with Gasteiger partial charge in [0.15, 0.2) is 0 Å². The number of carbonyl (C=O) groups is 4. The van der Waals surface area contributed by atoms with Crippen LogP contribution in [0.1, 0.15) is 102 Å². The number of esters is 4. The lowest BCUT2D eigenvalue weighted by molar-refractivity contribution is -0.145. The van der Waals surface area contributed by atoms with Crippen LogP contribution in [0.3, 0.4) is 0 Å². The third kappa shape index (κ3) is 14.3. The Hall–Kier alpha value is -4.20. The van der Waals surface area contributed by atoms with Crippen molar-refractivity contribution < 1.29 is 38.1 Å². The minimum atomic E-state index is -0.333. The van der Waals surface area contributed by atoms with Gasteiger partial charge < -0.3 is 18.9 Å². The van der Waals surface area contributed by atoms with E-state index in [4.69, 9.17) is 18.9 Å². The number of unbranched alkanes of at least 4 members (excludes halogenated alkanes) is 6. The number of rotatable bonds is 20. The summed E-state index contributed by atoms with van der Waals surface area (Å²) in [7, 11) is 0. The molecule has 260 valence electrons. The Kier molecular flexibility index (Phi) is 16.7. The minimum absolute atomic E-state index is 0.228. The van der Waals surface area contributed by atoms with Gasteiger partial charge in [0, 0.05) is 11.1 Å². The van der Waals surface area contributed by atoms with Gasteiger partial charge in [-0.05, 0) is 113 Å². The second-order valence-electron chi connectivity index (χ2n) is 12.8. The molecule has 2 aromatic carbocycles. The number of carbonyl (C=O) groups excluding carboxylic acids is 4. The van der Waals surface area contributed by atoms with Crippen LogP contribution in [0.15, 0.2) is 72.8 Å². The first-order valence-corrected chi connectivity index (χ1v) is 17.4. The quantitative estimate of drug-likeness (QED) is 0.0603. The van der Waals surface area contributed by atoms with Crippen LogP contribution in [-0.4, -0.2) is 37.1 Å². The molecule has 48 heavy (non-hydrogen) atoms. The van der Waals surface area contributed by atoms with Crippen LogP contribution in [-0.2, 0) is 41.5 Å².